The molecule has 4 nitrogen and oxygen atoms in total. The summed E-state index contributed by atoms with van der Waals surface area (Å²) in [5.74, 6) is -0.384. The van der Waals surface area contributed by atoms with E-state index in [1.165, 1.54) is 0 Å². The first-order valence-corrected chi connectivity index (χ1v) is 6.08. The molecule has 1 unspecified atom stereocenters. The Morgan fingerprint density at radius 1 is 1.50 bits per heavy atom. The van der Waals surface area contributed by atoms with Gasteiger partial charge in [-0.1, -0.05) is 0 Å². The average Bonchev–Trinajstić information content (AvgIpc) is 2.86. The van der Waals surface area contributed by atoms with Gasteiger partial charge in [-0.3, -0.25) is 4.90 Å². The highest BCUT2D eigenvalue weighted by atomic mass is 79.9. The topological polar surface area (TPSA) is 53.7 Å². The Balaban J connectivity index is 2.38. The molecule has 1 atom stereocenters. The molecular weight excluding hydrogens is 274 g/mol. The van der Waals surface area contributed by atoms with Crippen LogP contribution in [0.3, 0.4) is 0 Å². The largest absolute Gasteiger partial charge is 0.480 e. The van der Waals surface area contributed by atoms with Gasteiger partial charge in [-0.05, 0) is 60.9 Å². The molecule has 1 saturated heterocycles. The zero-order chi connectivity index (χ0) is 11.8. The third kappa shape index (κ3) is 1.78. The van der Waals surface area contributed by atoms with Gasteiger partial charge in [0.25, 0.3) is 0 Å². The Morgan fingerprint density at radius 3 is 2.56 bits per heavy atom. The minimum absolute atomic E-state index is 0.480. The van der Waals surface area contributed by atoms with E-state index in [9.17, 15) is 9.90 Å². The Labute approximate surface area is 102 Å². The Kier molecular flexibility index (Phi) is 3.08. The van der Waals surface area contributed by atoms with Gasteiger partial charge < -0.3 is 9.52 Å². The first kappa shape index (κ1) is 11.7. The molecule has 16 heavy (non-hydrogen) atoms. The predicted octanol–water partition coefficient (Wildman–Crippen LogP) is 2.44. The second-order valence-corrected chi connectivity index (χ2v) is 4.96. The van der Waals surface area contributed by atoms with Crippen LogP contribution in [-0.4, -0.2) is 29.1 Å². The van der Waals surface area contributed by atoms with E-state index in [0.717, 1.165) is 25.9 Å². The van der Waals surface area contributed by atoms with Gasteiger partial charge in [0.15, 0.2) is 10.2 Å². The Hall–Kier alpha value is -0.810. The van der Waals surface area contributed by atoms with E-state index in [4.69, 9.17) is 4.42 Å². The first-order valence-electron chi connectivity index (χ1n) is 5.29. The summed E-state index contributed by atoms with van der Waals surface area (Å²) in [6, 6.07) is 3.45. The predicted molar refractivity (Wildman–Crippen MR) is 62.2 cm³/mol. The summed E-state index contributed by atoms with van der Waals surface area (Å²) in [5.41, 5.74) is -1.05. The zero-order valence-corrected chi connectivity index (χ0v) is 10.7. The van der Waals surface area contributed by atoms with E-state index in [1.807, 2.05) is 4.90 Å². The molecule has 0 aliphatic carbocycles. The molecule has 0 spiro atoms. The fraction of sp³-hybridized carbons (Fsp3) is 0.545. The molecule has 0 saturated carbocycles. The van der Waals surface area contributed by atoms with E-state index in [2.05, 4.69) is 15.9 Å². The zero-order valence-electron chi connectivity index (χ0n) is 9.07. The van der Waals surface area contributed by atoms with Crippen molar-refractivity contribution in [3.63, 3.8) is 0 Å². The third-order valence-corrected chi connectivity index (χ3v) is 3.63. The molecule has 1 N–H and O–H groups in total. The molecule has 5 heteroatoms. The second-order valence-electron chi connectivity index (χ2n) is 4.18. The first-order chi connectivity index (χ1) is 7.55. The normalized spacial score (nSPS) is 20.9. The van der Waals surface area contributed by atoms with Gasteiger partial charge >= 0.3 is 5.97 Å². The van der Waals surface area contributed by atoms with Crippen molar-refractivity contribution in [1.82, 2.24) is 4.90 Å². The number of carbonyl (C=O) groups is 1. The number of nitrogens with zero attached hydrogens (tertiary/aromatic N) is 1. The molecule has 2 rings (SSSR count). The maximum Gasteiger partial charge on any atom is 0.331 e. The monoisotopic (exact) mass is 287 g/mol. The molecule has 1 fully saturated rings. The van der Waals surface area contributed by atoms with E-state index in [1.54, 1.807) is 19.1 Å². The molecule has 0 bridgehead atoms. The van der Waals surface area contributed by atoms with Crippen LogP contribution in [0.1, 0.15) is 25.5 Å². The van der Waals surface area contributed by atoms with Gasteiger partial charge in [0.1, 0.15) is 5.76 Å². The quantitative estimate of drug-likeness (QED) is 0.928. The lowest BCUT2D eigenvalue weighted by Gasteiger charge is -2.32. The van der Waals surface area contributed by atoms with E-state index < -0.39 is 11.5 Å². The van der Waals surface area contributed by atoms with Crippen molar-refractivity contribution < 1.29 is 14.3 Å². The van der Waals surface area contributed by atoms with Gasteiger partial charge in [-0.2, -0.15) is 0 Å². The molecule has 88 valence electrons. The van der Waals surface area contributed by atoms with E-state index in [0.29, 0.717) is 10.4 Å². The van der Waals surface area contributed by atoms with Crippen molar-refractivity contribution in [3.05, 3.63) is 22.6 Å². The van der Waals surface area contributed by atoms with E-state index in [-0.39, 0.29) is 0 Å². The van der Waals surface area contributed by atoms with Gasteiger partial charge in [-0.15, -0.1) is 0 Å². The highest BCUT2D eigenvalue weighted by Gasteiger charge is 2.45. The fourth-order valence-corrected chi connectivity index (χ4v) is 2.44. The average molecular weight is 288 g/mol. The summed E-state index contributed by atoms with van der Waals surface area (Å²) in [7, 11) is 0. The SMILES string of the molecule is CC(C(=O)O)(c1ccc(Br)o1)N1CCCC1. The fourth-order valence-electron chi connectivity index (χ4n) is 2.14. The van der Waals surface area contributed by atoms with Crippen molar-refractivity contribution >= 4 is 21.9 Å². The van der Waals surface area contributed by atoms with Crippen molar-refractivity contribution in [2.45, 2.75) is 25.3 Å². The third-order valence-electron chi connectivity index (χ3n) is 3.21. The van der Waals surface area contributed by atoms with Crippen LogP contribution in [0, 0.1) is 0 Å². The van der Waals surface area contributed by atoms with Crippen LogP contribution >= 0.6 is 15.9 Å². The number of furan rings is 1. The van der Waals surface area contributed by atoms with Crippen molar-refractivity contribution in [3.8, 4) is 0 Å². The molecule has 1 aromatic rings. The van der Waals surface area contributed by atoms with Crippen LogP contribution in [0.25, 0.3) is 0 Å². The van der Waals surface area contributed by atoms with Crippen molar-refractivity contribution in [2.24, 2.45) is 0 Å². The standard InChI is InChI=1S/C11H14BrNO3/c1-11(10(14)15,13-6-2-3-7-13)8-4-5-9(12)16-8/h4-5H,2-3,6-7H2,1H3,(H,14,15). The summed E-state index contributed by atoms with van der Waals surface area (Å²) in [6.45, 7) is 3.31. The lowest BCUT2D eigenvalue weighted by molar-refractivity contribution is -0.151. The lowest BCUT2D eigenvalue weighted by Crippen LogP contribution is -2.48. The summed E-state index contributed by atoms with van der Waals surface area (Å²) in [5, 5.41) is 9.44. The number of carboxylic acids is 1. The van der Waals surface area contributed by atoms with Crippen molar-refractivity contribution in [2.75, 3.05) is 13.1 Å². The molecule has 1 aromatic heterocycles. The molecule has 0 amide bonds. The number of halogens is 1. The maximum absolute atomic E-state index is 11.5. The van der Waals surface area contributed by atoms with Crippen LogP contribution in [0.5, 0.6) is 0 Å². The number of rotatable bonds is 3. The molecule has 2 heterocycles. The summed E-state index contributed by atoms with van der Waals surface area (Å²) in [4.78, 5) is 13.5. The second kappa shape index (κ2) is 4.22. The van der Waals surface area contributed by atoms with Gasteiger partial charge in [0.05, 0.1) is 0 Å². The molecule has 1 aliphatic rings. The Morgan fingerprint density at radius 2 is 2.12 bits per heavy atom. The minimum atomic E-state index is -1.05. The summed E-state index contributed by atoms with van der Waals surface area (Å²) >= 11 is 3.20. The van der Waals surface area contributed by atoms with Crippen LogP contribution in [0.4, 0.5) is 0 Å². The van der Waals surface area contributed by atoms with Crippen molar-refractivity contribution in [1.29, 1.82) is 0 Å². The molecule has 0 aromatic carbocycles. The highest BCUT2D eigenvalue weighted by Crippen LogP contribution is 2.34. The number of carboxylic acid groups (broad SMARTS) is 1. The number of likely N-dealkylation sites (tertiary alicyclic amines) is 1. The summed E-state index contributed by atoms with van der Waals surface area (Å²) in [6.07, 6.45) is 2.09. The molecule has 0 radical (unpaired) electrons. The van der Waals surface area contributed by atoms with Gasteiger partial charge in [0.2, 0.25) is 0 Å². The minimum Gasteiger partial charge on any atom is -0.480 e. The van der Waals surface area contributed by atoms with Gasteiger partial charge in [-0.25, -0.2) is 4.79 Å². The summed E-state index contributed by atoms with van der Waals surface area (Å²) < 4.78 is 5.98. The highest BCUT2D eigenvalue weighted by molar-refractivity contribution is 9.10. The van der Waals surface area contributed by atoms with Crippen LogP contribution in [0.2, 0.25) is 0 Å². The number of hydrogen-bond acceptors (Lipinski definition) is 3. The number of aliphatic carboxylic acids is 1. The van der Waals surface area contributed by atoms with Crippen LogP contribution in [0.15, 0.2) is 21.2 Å². The maximum atomic E-state index is 11.5. The van der Waals surface area contributed by atoms with Gasteiger partial charge in [0, 0.05) is 0 Å². The molecule has 1 aliphatic heterocycles. The van der Waals surface area contributed by atoms with Crippen LogP contribution < -0.4 is 0 Å². The molecular formula is C11H14BrNO3. The van der Waals surface area contributed by atoms with Crippen LogP contribution in [-0.2, 0) is 10.3 Å². The lowest BCUT2D eigenvalue weighted by atomic mass is 9.97. The number of hydrogen-bond donors (Lipinski definition) is 1. The Bertz CT molecular complexity index is 398. The van der Waals surface area contributed by atoms with E-state index >= 15 is 0 Å². The smallest absolute Gasteiger partial charge is 0.331 e.